The van der Waals surface area contributed by atoms with Crippen LogP contribution in [0.15, 0.2) is 12.1 Å². The largest absolute Gasteiger partial charge is 0.489 e. The molecule has 2 aromatic rings. The van der Waals surface area contributed by atoms with E-state index in [0.717, 1.165) is 12.8 Å². The Labute approximate surface area is 196 Å². The van der Waals surface area contributed by atoms with E-state index in [2.05, 4.69) is 20.6 Å². The predicted molar refractivity (Wildman–Crippen MR) is 119 cm³/mol. The zero-order valence-electron chi connectivity index (χ0n) is 19.6. The molecule has 2 fully saturated rings. The van der Waals surface area contributed by atoms with Crippen LogP contribution in [0.4, 0.5) is 9.18 Å². The molecule has 0 aromatic carbocycles. The minimum atomic E-state index is -1.24. The second kappa shape index (κ2) is 9.55. The second-order valence-electron chi connectivity index (χ2n) is 9.36. The van der Waals surface area contributed by atoms with Crippen LogP contribution in [0.3, 0.4) is 0 Å². The number of hydrogen-bond acceptors (Lipinski definition) is 7. The summed E-state index contributed by atoms with van der Waals surface area (Å²) in [6, 6.07) is 3.56. The first-order chi connectivity index (χ1) is 16.1. The van der Waals surface area contributed by atoms with E-state index in [4.69, 9.17) is 9.47 Å². The smallest absolute Gasteiger partial charge is 0.407 e. The monoisotopic (exact) mass is 475 g/mol. The second-order valence-corrected chi connectivity index (χ2v) is 9.36. The lowest BCUT2D eigenvalue weighted by Crippen LogP contribution is -2.29. The van der Waals surface area contributed by atoms with Crippen molar-refractivity contribution in [3.8, 4) is 17.1 Å². The van der Waals surface area contributed by atoms with Crippen molar-refractivity contribution in [1.29, 1.82) is 0 Å². The molecule has 1 amide bonds. The third kappa shape index (κ3) is 5.45. The third-order valence-corrected chi connectivity index (χ3v) is 6.64. The number of alkyl carbamates (subject to hydrolysis) is 1. The summed E-state index contributed by atoms with van der Waals surface area (Å²) < 4.78 is 26.3. The molecule has 2 aliphatic carbocycles. The van der Waals surface area contributed by atoms with E-state index in [1.165, 1.54) is 6.92 Å². The summed E-state index contributed by atoms with van der Waals surface area (Å²) in [5.41, 5.74) is 1.13. The van der Waals surface area contributed by atoms with Gasteiger partial charge in [0, 0.05) is 13.0 Å². The zero-order chi connectivity index (χ0) is 24.5. The Morgan fingerprint density at radius 2 is 2.12 bits per heavy atom. The van der Waals surface area contributed by atoms with Crippen molar-refractivity contribution < 1.29 is 28.6 Å². The van der Waals surface area contributed by atoms with E-state index in [-0.39, 0.29) is 31.1 Å². The van der Waals surface area contributed by atoms with Crippen LogP contribution in [0, 0.1) is 18.8 Å². The summed E-state index contributed by atoms with van der Waals surface area (Å²) >= 11 is 0. The molecule has 0 spiro atoms. The highest BCUT2D eigenvalue weighted by atomic mass is 19.1. The molecular weight excluding hydrogens is 445 g/mol. The van der Waals surface area contributed by atoms with Gasteiger partial charge in [-0.25, -0.2) is 18.9 Å². The molecule has 2 heterocycles. The van der Waals surface area contributed by atoms with Gasteiger partial charge in [-0.15, -0.1) is 5.10 Å². The van der Waals surface area contributed by atoms with Crippen molar-refractivity contribution in [2.45, 2.75) is 64.3 Å². The van der Waals surface area contributed by atoms with Gasteiger partial charge in [-0.05, 0) is 58.1 Å². The SMILES string of the molecule is Cc1nc(-c2nnn(C)c2CNC(=O)OCC2CC2(C)F)ccc1O[C@H]1CCC[C@H](C(=O)O)C1. The average molecular weight is 476 g/mol. The molecule has 4 rings (SSSR count). The number of nitrogens with one attached hydrogen (secondary N) is 1. The lowest BCUT2D eigenvalue weighted by molar-refractivity contribution is -0.143. The Balaban J connectivity index is 1.38. The van der Waals surface area contributed by atoms with Crippen molar-refractivity contribution in [3.05, 3.63) is 23.5 Å². The van der Waals surface area contributed by atoms with E-state index in [0.29, 0.717) is 47.8 Å². The van der Waals surface area contributed by atoms with Crippen molar-refractivity contribution in [2.75, 3.05) is 6.61 Å². The van der Waals surface area contributed by atoms with Crippen LogP contribution in [-0.2, 0) is 23.1 Å². The zero-order valence-corrected chi connectivity index (χ0v) is 19.6. The molecule has 34 heavy (non-hydrogen) atoms. The first-order valence-corrected chi connectivity index (χ1v) is 11.5. The highest BCUT2D eigenvalue weighted by Crippen LogP contribution is 2.46. The van der Waals surface area contributed by atoms with Gasteiger partial charge < -0.3 is 19.9 Å². The van der Waals surface area contributed by atoms with Gasteiger partial charge in [0.1, 0.15) is 17.1 Å². The first-order valence-electron chi connectivity index (χ1n) is 11.5. The Hall–Kier alpha value is -3.24. The number of rotatable bonds is 8. The molecule has 2 unspecified atom stereocenters. The van der Waals surface area contributed by atoms with Crippen molar-refractivity contribution >= 4 is 12.1 Å². The number of halogens is 1. The Morgan fingerprint density at radius 1 is 1.35 bits per heavy atom. The number of carboxylic acid groups (broad SMARTS) is 1. The Bertz CT molecular complexity index is 1070. The summed E-state index contributed by atoms with van der Waals surface area (Å²) in [6.07, 6.45) is 2.41. The van der Waals surface area contributed by atoms with Crippen LogP contribution in [0.1, 0.15) is 50.4 Å². The predicted octanol–water partition coefficient (Wildman–Crippen LogP) is 3.18. The third-order valence-electron chi connectivity index (χ3n) is 6.64. The minimum Gasteiger partial charge on any atom is -0.489 e. The fourth-order valence-electron chi connectivity index (χ4n) is 4.27. The molecule has 2 aromatic heterocycles. The topological polar surface area (TPSA) is 128 Å². The highest BCUT2D eigenvalue weighted by Gasteiger charge is 2.51. The maximum atomic E-state index is 13.6. The molecule has 2 saturated carbocycles. The Kier molecular flexibility index (Phi) is 6.72. The molecule has 0 bridgehead atoms. The van der Waals surface area contributed by atoms with E-state index in [9.17, 15) is 19.1 Å². The average Bonchev–Trinajstić information content (AvgIpc) is 3.24. The number of aryl methyl sites for hydroxylation is 2. The minimum absolute atomic E-state index is 0.0474. The summed E-state index contributed by atoms with van der Waals surface area (Å²) in [5, 5.41) is 20.2. The van der Waals surface area contributed by atoms with Crippen LogP contribution < -0.4 is 10.1 Å². The van der Waals surface area contributed by atoms with Crippen molar-refractivity contribution in [2.24, 2.45) is 18.9 Å². The van der Waals surface area contributed by atoms with E-state index in [1.54, 1.807) is 23.9 Å². The van der Waals surface area contributed by atoms with E-state index in [1.807, 2.05) is 6.92 Å². The summed E-state index contributed by atoms with van der Waals surface area (Å²) in [4.78, 5) is 27.9. The lowest BCUT2D eigenvalue weighted by atomic mass is 9.87. The van der Waals surface area contributed by atoms with Gasteiger partial charge in [0.15, 0.2) is 0 Å². The number of aromatic nitrogens is 4. The number of pyridine rings is 1. The fourth-order valence-corrected chi connectivity index (χ4v) is 4.27. The number of carbonyl (C=O) groups is 2. The number of carboxylic acids is 1. The number of carbonyl (C=O) groups excluding carboxylic acids is 1. The quantitative estimate of drug-likeness (QED) is 0.596. The van der Waals surface area contributed by atoms with Gasteiger partial charge in [0.05, 0.1) is 42.3 Å². The van der Waals surface area contributed by atoms with E-state index >= 15 is 0 Å². The maximum absolute atomic E-state index is 13.6. The van der Waals surface area contributed by atoms with Gasteiger partial charge >= 0.3 is 12.1 Å². The molecular formula is C23H30FN5O5. The molecule has 184 valence electrons. The van der Waals surface area contributed by atoms with Crippen LogP contribution >= 0.6 is 0 Å². The standard InChI is InChI=1S/C23H30FN5O5/c1-13-19(34-16-6-4-5-14(9-16)21(30)31)8-7-17(26-13)20-18(29(3)28-27-20)11-25-22(32)33-12-15-10-23(15,2)24/h7-8,14-16H,4-6,9-12H2,1-3H3,(H,25,32)(H,30,31)/t14-,15?,16-,23?/m0/s1. The molecule has 4 atom stereocenters. The summed E-state index contributed by atoms with van der Waals surface area (Å²) in [6.45, 7) is 3.48. The number of amides is 1. The van der Waals surface area contributed by atoms with Crippen LogP contribution in [0.5, 0.6) is 5.75 Å². The number of aliphatic carboxylic acids is 1. The number of ether oxygens (including phenoxy) is 2. The number of hydrogen-bond donors (Lipinski definition) is 2. The lowest BCUT2D eigenvalue weighted by Gasteiger charge is -2.27. The van der Waals surface area contributed by atoms with Gasteiger partial charge in [0.2, 0.25) is 0 Å². The van der Waals surface area contributed by atoms with Crippen LogP contribution in [0.25, 0.3) is 11.4 Å². The highest BCUT2D eigenvalue weighted by molar-refractivity contribution is 5.70. The van der Waals surface area contributed by atoms with Gasteiger partial charge in [-0.3, -0.25) is 4.79 Å². The molecule has 0 radical (unpaired) electrons. The molecule has 0 saturated heterocycles. The van der Waals surface area contributed by atoms with Gasteiger partial charge in [0.25, 0.3) is 0 Å². The number of nitrogens with zero attached hydrogens (tertiary/aromatic N) is 4. The number of alkyl halides is 1. The maximum Gasteiger partial charge on any atom is 0.407 e. The van der Waals surface area contributed by atoms with Gasteiger partial charge in [-0.2, -0.15) is 0 Å². The first kappa shape index (κ1) is 23.9. The molecule has 0 aliphatic heterocycles. The van der Waals surface area contributed by atoms with E-state index < -0.39 is 17.7 Å². The van der Waals surface area contributed by atoms with Crippen molar-refractivity contribution in [3.63, 3.8) is 0 Å². The molecule has 2 aliphatic rings. The summed E-state index contributed by atoms with van der Waals surface area (Å²) in [5.74, 6) is -0.798. The van der Waals surface area contributed by atoms with Crippen molar-refractivity contribution in [1.82, 2.24) is 25.3 Å². The van der Waals surface area contributed by atoms with Gasteiger partial charge in [-0.1, -0.05) is 5.21 Å². The Morgan fingerprint density at radius 3 is 2.79 bits per heavy atom. The van der Waals surface area contributed by atoms with Crippen LogP contribution in [0.2, 0.25) is 0 Å². The molecule has 10 nitrogen and oxygen atoms in total. The van der Waals surface area contributed by atoms with Crippen LogP contribution in [-0.4, -0.2) is 55.5 Å². The molecule has 2 N–H and O–H groups in total. The molecule has 11 heteroatoms. The normalized spacial score (nSPS) is 26.1. The summed E-state index contributed by atoms with van der Waals surface area (Å²) in [7, 11) is 1.71. The fraction of sp³-hybridized carbons (Fsp3) is 0.609.